The minimum absolute atomic E-state index is 0.131. The number of rotatable bonds is 4. The molecule has 4 rings (SSSR count). The van der Waals surface area contributed by atoms with E-state index in [9.17, 15) is 9.18 Å². The average molecular weight is 370 g/mol. The van der Waals surface area contributed by atoms with Gasteiger partial charge in [0.05, 0.1) is 6.54 Å². The summed E-state index contributed by atoms with van der Waals surface area (Å²) in [5, 5.41) is 2.83. The van der Waals surface area contributed by atoms with Crippen LogP contribution in [0.25, 0.3) is 0 Å². The molecular weight excluding hydrogens is 347 g/mol. The molecule has 0 unspecified atom stereocenters. The monoisotopic (exact) mass is 370 g/mol. The van der Waals surface area contributed by atoms with Crippen LogP contribution >= 0.6 is 0 Å². The zero-order valence-electron chi connectivity index (χ0n) is 15.3. The van der Waals surface area contributed by atoms with Gasteiger partial charge in [-0.05, 0) is 61.7 Å². The van der Waals surface area contributed by atoms with Gasteiger partial charge in [-0.1, -0.05) is 12.1 Å². The number of aryl methyl sites for hydroxylation is 1. The number of amides is 1. The summed E-state index contributed by atoms with van der Waals surface area (Å²) < 4.78 is 24.7. The molecule has 1 N–H and O–H groups in total. The summed E-state index contributed by atoms with van der Waals surface area (Å²) in [4.78, 5) is 14.7. The van der Waals surface area contributed by atoms with Crippen molar-refractivity contribution in [3.8, 4) is 11.5 Å². The zero-order valence-corrected chi connectivity index (χ0v) is 15.3. The molecular formula is C21H23FN2O3. The van der Waals surface area contributed by atoms with Gasteiger partial charge >= 0.3 is 0 Å². The van der Waals surface area contributed by atoms with Gasteiger partial charge in [0, 0.05) is 11.7 Å². The highest BCUT2D eigenvalue weighted by Crippen LogP contribution is 2.37. The van der Waals surface area contributed by atoms with Crippen LogP contribution < -0.4 is 14.8 Å². The Labute approximate surface area is 158 Å². The largest absolute Gasteiger partial charge is 0.486 e. The maximum Gasteiger partial charge on any atom is 0.238 e. The topological polar surface area (TPSA) is 50.8 Å². The normalized spacial score (nSPS) is 19.1. The Morgan fingerprint density at radius 1 is 1.19 bits per heavy atom. The van der Waals surface area contributed by atoms with Gasteiger partial charge in [-0.2, -0.15) is 0 Å². The molecule has 2 aliphatic heterocycles. The first-order valence-corrected chi connectivity index (χ1v) is 9.30. The van der Waals surface area contributed by atoms with E-state index in [2.05, 4.69) is 10.2 Å². The number of anilines is 1. The van der Waals surface area contributed by atoms with Crippen LogP contribution in [-0.2, 0) is 4.79 Å². The van der Waals surface area contributed by atoms with E-state index in [1.54, 1.807) is 6.07 Å². The van der Waals surface area contributed by atoms with E-state index in [4.69, 9.17) is 9.47 Å². The molecule has 0 saturated carbocycles. The van der Waals surface area contributed by atoms with E-state index < -0.39 is 0 Å². The predicted octanol–water partition coefficient (Wildman–Crippen LogP) is 3.68. The van der Waals surface area contributed by atoms with Crippen molar-refractivity contribution in [2.45, 2.75) is 25.8 Å². The van der Waals surface area contributed by atoms with Crippen molar-refractivity contribution in [1.82, 2.24) is 4.90 Å². The Hall–Kier alpha value is -2.60. The van der Waals surface area contributed by atoms with Crippen LogP contribution in [0, 0.1) is 12.7 Å². The smallest absolute Gasteiger partial charge is 0.238 e. The summed E-state index contributed by atoms with van der Waals surface area (Å²) >= 11 is 0. The summed E-state index contributed by atoms with van der Waals surface area (Å²) in [6, 6.07) is 10.6. The Morgan fingerprint density at radius 3 is 2.85 bits per heavy atom. The molecule has 1 amide bonds. The first-order chi connectivity index (χ1) is 13.1. The lowest BCUT2D eigenvalue weighted by molar-refractivity contribution is -0.117. The van der Waals surface area contributed by atoms with E-state index in [0.29, 0.717) is 18.9 Å². The minimum Gasteiger partial charge on any atom is -0.486 e. The summed E-state index contributed by atoms with van der Waals surface area (Å²) in [5.74, 6) is 1.05. The fourth-order valence-electron chi connectivity index (χ4n) is 3.76. The molecule has 0 aromatic heterocycles. The van der Waals surface area contributed by atoms with Crippen LogP contribution in [0.5, 0.6) is 11.5 Å². The van der Waals surface area contributed by atoms with Crippen molar-refractivity contribution >= 4 is 11.6 Å². The van der Waals surface area contributed by atoms with Crippen molar-refractivity contribution < 1.29 is 18.7 Å². The number of nitrogens with one attached hydrogen (secondary N) is 1. The number of likely N-dealkylation sites (tertiary alicyclic amines) is 1. The predicted molar refractivity (Wildman–Crippen MR) is 101 cm³/mol. The third-order valence-electron chi connectivity index (χ3n) is 5.14. The number of carbonyl (C=O) groups excluding carboxylic acids is 1. The molecule has 5 nitrogen and oxygen atoms in total. The lowest BCUT2D eigenvalue weighted by Crippen LogP contribution is -2.33. The third kappa shape index (κ3) is 3.90. The van der Waals surface area contributed by atoms with Crippen LogP contribution in [-0.4, -0.2) is 37.1 Å². The van der Waals surface area contributed by atoms with Crippen molar-refractivity contribution in [1.29, 1.82) is 0 Å². The Bertz CT molecular complexity index is 855. The SMILES string of the molecule is Cc1ccc(F)cc1NC(=O)CN1CCC[C@@H]1c1ccc2c(c1)OCCO2. The molecule has 0 bridgehead atoms. The first-order valence-electron chi connectivity index (χ1n) is 9.30. The molecule has 2 aliphatic rings. The lowest BCUT2D eigenvalue weighted by atomic mass is 10.0. The van der Waals surface area contributed by atoms with Crippen molar-refractivity contribution in [3.63, 3.8) is 0 Å². The van der Waals surface area contributed by atoms with Crippen molar-refractivity contribution in [2.75, 3.05) is 31.6 Å². The molecule has 2 heterocycles. The van der Waals surface area contributed by atoms with Crippen LogP contribution in [0.4, 0.5) is 10.1 Å². The third-order valence-corrected chi connectivity index (χ3v) is 5.14. The van der Waals surface area contributed by atoms with E-state index in [0.717, 1.165) is 42.0 Å². The number of fused-ring (bicyclic) bond motifs is 1. The molecule has 142 valence electrons. The Kier molecular flexibility index (Phi) is 4.99. The van der Waals surface area contributed by atoms with Gasteiger partial charge in [0.1, 0.15) is 19.0 Å². The summed E-state index contributed by atoms with van der Waals surface area (Å²) in [5.41, 5.74) is 2.50. The molecule has 6 heteroatoms. The van der Waals surface area contributed by atoms with Gasteiger partial charge in [0.25, 0.3) is 0 Å². The van der Waals surface area contributed by atoms with Crippen molar-refractivity contribution in [3.05, 3.63) is 53.3 Å². The maximum atomic E-state index is 13.4. The number of carbonyl (C=O) groups is 1. The van der Waals surface area contributed by atoms with E-state index in [1.807, 2.05) is 25.1 Å². The van der Waals surface area contributed by atoms with Crippen LogP contribution in [0.1, 0.15) is 30.0 Å². The lowest BCUT2D eigenvalue weighted by Gasteiger charge is -2.26. The summed E-state index contributed by atoms with van der Waals surface area (Å²) in [6.45, 7) is 4.11. The fourth-order valence-corrected chi connectivity index (χ4v) is 3.76. The number of nitrogens with zero attached hydrogens (tertiary/aromatic N) is 1. The van der Waals surface area contributed by atoms with Gasteiger partial charge in [-0.15, -0.1) is 0 Å². The van der Waals surface area contributed by atoms with Gasteiger partial charge in [0.15, 0.2) is 11.5 Å². The van der Waals surface area contributed by atoms with E-state index >= 15 is 0 Å². The second kappa shape index (κ2) is 7.56. The summed E-state index contributed by atoms with van der Waals surface area (Å²) in [6.07, 6.45) is 2.03. The highest BCUT2D eigenvalue weighted by Gasteiger charge is 2.28. The van der Waals surface area contributed by atoms with Gasteiger partial charge in [-0.25, -0.2) is 4.39 Å². The molecule has 0 radical (unpaired) electrons. The van der Waals surface area contributed by atoms with E-state index in [-0.39, 0.29) is 24.3 Å². The van der Waals surface area contributed by atoms with Crippen LogP contribution in [0.3, 0.4) is 0 Å². The standard InChI is InChI=1S/C21H23FN2O3/c1-14-4-6-16(22)12-17(14)23-21(25)13-24-8-2-3-18(24)15-5-7-19-20(11-15)27-10-9-26-19/h4-7,11-12,18H,2-3,8-10,13H2,1H3,(H,23,25)/t18-/m1/s1. The van der Waals surface area contributed by atoms with Gasteiger partial charge < -0.3 is 14.8 Å². The van der Waals surface area contributed by atoms with Gasteiger partial charge in [0.2, 0.25) is 5.91 Å². The average Bonchev–Trinajstić information content (AvgIpc) is 3.12. The quantitative estimate of drug-likeness (QED) is 0.892. The number of halogens is 1. The molecule has 0 spiro atoms. The first kappa shape index (κ1) is 17.8. The van der Waals surface area contributed by atoms with Gasteiger partial charge in [-0.3, -0.25) is 9.69 Å². The Balaban J connectivity index is 1.45. The van der Waals surface area contributed by atoms with Crippen LogP contribution in [0.2, 0.25) is 0 Å². The maximum absolute atomic E-state index is 13.4. The molecule has 0 aliphatic carbocycles. The highest BCUT2D eigenvalue weighted by molar-refractivity contribution is 5.93. The molecule has 1 atom stereocenters. The second-order valence-electron chi connectivity index (χ2n) is 7.04. The van der Waals surface area contributed by atoms with E-state index in [1.165, 1.54) is 12.1 Å². The molecule has 1 saturated heterocycles. The fraction of sp³-hybridized carbons (Fsp3) is 0.381. The van der Waals surface area contributed by atoms with Crippen LogP contribution in [0.15, 0.2) is 36.4 Å². The molecule has 1 fully saturated rings. The minimum atomic E-state index is -0.355. The number of benzene rings is 2. The van der Waals surface area contributed by atoms with Crippen molar-refractivity contribution in [2.24, 2.45) is 0 Å². The zero-order chi connectivity index (χ0) is 18.8. The number of hydrogen-bond acceptors (Lipinski definition) is 4. The molecule has 2 aromatic rings. The second-order valence-corrected chi connectivity index (χ2v) is 7.04. The highest BCUT2D eigenvalue weighted by atomic mass is 19.1. The number of hydrogen-bond donors (Lipinski definition) is 1. The molecule has 27 heavy (non-hydrogen) atoms. The molecule has 2 aromatic carbocycles. The Morgan fingerprint density at radius 2 is 2.00 bits per heavy atom. The summed E-state index contributed by atoms with van der Waals surface area (Å²) in [7, 11) is 0. The number of ether oxygens (including phenoxy) is 2.